The number of halogens is 1. The van der Waals surface area contributed by atoms with Crippen LogP contribution in [0.5, 0.6) is 5.88 Å². The largest absolute Gasteiger partial charge is 0.479 e. The van der Waals surface area contributed by atoms with Crippen molar-refractivity contribution in [2.75, 3.05) is 20.0 Å². The average Bonchev–Trinajstić information content (AvgIpc) is 2.20. The first-order valence-corrected chi connectivity index (χ1v) is 4.63. The highest BCUT2D eigenvalue weighted by molar-refractivity contribution is 14.1. The number of aromatic nitrogens is 2. The number of methoxy groups -OCH3 is 2. The Morgan fingerprint density at radius 1 is 1.43 bits per heavy atom. The van der Waals surface area contributed by atoms with Crippen molar-refractivity contribution in [3.63, 3.8) is 0 Å². The third-order valence-corrected chi connectivity index (χ3v) is 2.21. The van der Waals surface area contributed by atoms with Crippen LogP contribution >= 0.6 is 22.6 Å². The molecule has 0 saturated heterocycles. The molecule has 2 N–H and O–H groups in total. The Hall–Kier alpha value is -1.12. The first kappa shape index (κ1) is 11.0. The molecule has 0 spiro atoms. The van der Waals surface area contributed by atoms with Crippen LogP contribution in [-0.4, -0.2) is 30.2 Å². The van der Waals surface area contributed by atoms with E-state index >= 15 is 0 Å². The maximum Gasteiger partial charge on any atom is 0.362 e. The van der Waals surface area contributed by atoms with Crippen molar-refractivity contribution in [3.05, 3.63) is 9.39 Å². The highest BCUT2D eigenvalue weighted by Crippen LogP contribution is 2.19. The fraction of sp³-hybridized carbons (Fsp3) is 0.286. The summed E-state index contributed by atoms with van der Waals surface area (Å²) in [6.45, 7) is 0. The predicted octanol–water partition coefficient (Wildman–Crippen LogP) is 0.459. The lowest BCUT2D eigenvalue weighted by Crippen LogP contribution is -2.11. The third kappa shape index (κ3) is 2.03. The maximum absolute atomic E-state index is 11.2. The number of carbonyl (C=O) groups excluding carboxylic acids is 1. The lowest BCUT2D eigenvalue weighted by molar-refractivity contribution is 0.0588. The van der Waals surface area contributed by atoms with Gasteiger partial charge in [0.1, 0.15) is 3.70 Å². The number of rotatable bonds is 2. The van der Waals surface area contributed by atoms with E-state index in [1.807, 2.05) is 22.6 Å². The van der Waals surface area contributed by atoms with Gasteiger partial charge in [0.25, 0.3) is 0 Å². The fourth-order valence-corrected chi connectivity index (χ4v) is 1.15. The van der Waals surface area contributed by atoms with E-state index in [1.165, 1.54) is 14.2 Å². The van der Waals surface area contributed by atoms with E-state index in [4.69, 9.17) is 10.5 Å². The zero-order chi connectivity index (χ0) is 10.7. The molecule has 0 unspecified atom stereocenters. The van der Waals surface area contributed by atoms with Crippen LogP contribution in [0.4, 0.5) is 5.82 Å². The van der Waals surface area contributed by atoms with E-state index in [0.717, 1.165) is 0 Å². The van der Waals surface area contributed by atoms with Crippen LogP contribution in [0.1, 0.15) is 10.5 Å². The third-order valence-electron chi connectivity index (χ3n) is 1.42. The summed E-state index contributed by atoms with van der Waals surface area (Å²) in [6, 6.07) is 0. The van der Waals surface area contributed by atoms with Crippen LogP contribution in [0.25, 0.3) is 0 Å². The minimum atomic E-state index is -0.604. The number of nitrogens with zero attached hydrogens (tertiary/aromatic N) is 2. The van der Waals surface area contributed by atoms with Crippen LogP contribution < -0.4 is 10.5 Å². The summed E-state index contributed by atoms with van der Waals surface area (Å²) < 4.78 is 9.79. The smallest absolute Gasteiger partial charge is 0.362 e. The summed E-state index contributed by atoms with van der Waals surface area (Å²) in [6.07, 6.45) is 0. The predicted molar refractivity (Wildman–Crippen MR) is 57.1 cm³/mol. The Morgan fingerprint density at radius 2 is 2.07 bits per heavy atom. The van der Waals surface area contributed by atoms with Crippen molar-refractivity contribution < 1.29 is 14.3 Å². The Morgan fingerprint density at radius 3 is 2.57 bits per heavy atom. The van der Waals surface area contributed by atoms with Gasteiger partial charge in [-0.05, 0) is 22.6 Å². The molecule has 0 radical (unpaired) electrons. The van der Waals surface area contributed by atoms with Gasteiger partial charge >= 0.3 is 5.97 Å². The molecule has 0 aromatic carbocycles. The van der Waals surface area contributed by atoms with Gasteiger partial charge in [-0.1, -0.05) is 0 Å². The molecular formula is C7H8IN3O3. The average molecular weight is 309 g/mol. The summed E-state index contributed by atoms with van der Waals surface area (Å²) in [4.78, 5) is 19.0. The Labute approximate surface area is 94.0 Å². The first-order chi connectivity index (χ1) is 6.60. The van der Waals surface area contributed by atoms with Crippen LogP contribution in [0, 0.1) is 3.70 Å². The van der Waals surface area contributed by atoms with E-state index in [0.29, 0.717) is 3.70 Å². The molecule has 1 heterocycles. The number of esters is 1. The van der Waals surface area contributed by atoms with Crippen LogP contribution in [0.3, 0.4) is 0 Å². The molecule has 7 heteroatoms. The van der Waals surface area contributed by atoms with Gasteiger partial charge in [-0.2, -0.15) is 4.98 Å². The molecule has 76 valence electrons. The molecule has 0 atom stereocenters. The molecule has 0 saturated carbocycles. The second kappa shape index (κ2) is 4.40. The maximum atomic E-state index is 11.2. The molecule has 14 heavy (non-hydrogen) atoms. The molecule has 0 aliphatic rings. The molecule has 0 bridgehead atoms. The van der Waals surface area contributed by atoms with E-state index in [-0.39, 0.29) is 17.4 Å². The molecule has 0 aliphatic heterocycles. The van der Waals surface area contributed by atoms with Gasteiger partial charge in [0, 0.05) is 0 Å². The number of ether oxygens (including phenoxy) is 2. The first-order valence-electron chi connectivity index (χ1n) is 3.55. The van der Waals surface area contributed by atoms with E-state index in [1.54, 1.807) is 0 Å². The molecule has 0 amide bonds. The molecule has 1 rings (SSSR count). The van der Waals surface area contributed by atoms with Crippen molar-refractivity contribution in [2.45, 2.75) is 0 Å². The number of anilines is 1. The van der Waals surface area contributed by atoms with Crippen molar-refractivity contribution >= 4 is 34.4 Å². The van der Waals surface area contributed by atoms with Crippen LogP contribution in [-0.2, 0) is 4.74 Å². The molecule has 0 aliphatic carbocycles. The second-order valence-electron chi connectivity index (χ2n) is 2.25. The number of carbonyl (C=O) groups is 1. The molecular weight excluding hydrogens is 301 g/mol. The minimum Gasteiger partial charge on any atom is -0.479 e. The van der Waals surface area contributed by atoms with Crippen molar-refractivity contribution in [2.24, 2.45) is 0 Å². The SMILES string of the molecule is COC(=O)c1nc(I)c(N)nc1OC. The van der Waals surface area contributed by atoms with E-state index in [2.05, 4.69) is 14.7 Å². The summed E-state index contributed by atoms with van der Waals surface area (Å²) in [5, 5.41) is 0. The molecule has 1 aromatic rings. The lowest BCUT2D eigenvalue weighted by atomic mass is 10.4. The number of nitrogen functional groups attached to an aromatic ring is 1. The quantitative estimate of drug-likeness (QED) is 0.631. The van der Waals surface area contributed by atoms with Gasteiger partial charge in [-0.15, -0.1) is 0 Å². The summed E-state index contributed by atoms with van der Waals surface area (Å²) in [5.41, 5.74) is 5.52. The van der Waals surface area contributed by atoms with Gasteiger partial charge < -0.3 is 15.2 Å². The standard InChI is InChI=1S/C7H8IN3O3/c1-13-6-3(7(12)14-2)10-4(8)5(9)11-6/h1-2H3,(H2,9,11). The normalized spacial score (nSPS) is 9.64. The Balaban J connectivity index is 3.27. The number of hydrogen-bond acceptors (Lipinski definition) is 6. The van der Waals surface area contributed by atoms with E-state index in [9.17, 15) is 4.79 Å². The summed E-state index contributed by atoms with van der Waals surface area (Å²) in [5.74, 6) is -0.322. The van der Waals surface area contributed by atoms with Gasteiger partial charge in [0.15, 0.2) is 5.82 Å². The van der Waals surface area contributed by atoms with Gasteiger partial charge in [0.2, 0.25) is 11.6 Å². The number of hydrogen-bond donors (Lipinski definition) is 1. The zero-order valence-electron chi connectivity index (χ0n) is 7.57. The minimum absolute atomic E-state index is 0.0219. The molecule has 0 fully saturated rings. The fourth-order valence-electron chi connectivity index (χ4n) is 0.784. The topological polar surface area (TPSA) is 87.3 Å². The second-order valence-corrected chi connectivity index (χ2v) is 3.27. The van der Waals surface area contributed by atoms with E-state index < -0.39 is 5.97 Å². The summed E-state index contributed by atoms with van der Waals surface area (Å²) >= 11 is 1.87. The van der Waals surface area contributed by atoms with Crippen LogP contribution in [0.2, 0.25) is 0 Å². The monoisotopic (exact) mass is 309 g/mol. The van der Waals surface area contributed by atoms with Crippen molar-refractivity contribution in [3.8, 4) is 5.88 Å². The van der Waals surface area contributed by atoms with Crippen LogP contribution in [0.15, 0.2) is 0 Å². The van der Waals surface area contributed by atoms with Gasteiger partial charge in [-0.3, -0.25) is 0 Å². The summed E-state index contributed by atoms with van der Waals surface area (Å²) in [7, 11) is 2.63. The number of nitrogens with two attached hydrogens (primary N) is 1. The van der Waals surface area contributed by atoms with Crippen molar-refractivity contribution in [1.82, 2.24) is 9.97 Å². The Bertz CT molecular complexity index is 369. The molecule has 1 aromatic heterocycles. The Kier molecular flexibility index (Phi) is 3.44. The molecule has 6 nitrogen and oxygen atoms in total. The van der Waals surface area contributed by atoms with Gasteiger partial charge in [-0.25, -0.2) is 9.78 Å². The van der Waals surface area contributed by atoms with Gasteiger partial charge in [0.05, 0.1) is 14.2 Å². The zero-order valence-corrected chi connectivity index (χ0v) is 9.73. The highest BCUT2D eigenvalue weighted by atomic mass is 127. The van der Waals surface area contributed by atoms with Crippen molar-refractivity contribution in [1.29, 1.82) is 0 Å². The lowest BCUT2D eigenvalue weighted by Gasteiger charge is -2.06. The highest BCUT2D eigenvalue weighted by Gasteiger charge is 2.18.